The second kappa shape index (κ2) is 11.4. The second-order valence-corrected chi connectivity index (χ2v) is 6.10. The van der Waals surface area contributed by atoms with Crippen LogP contribution in [0.15, 0.2) is 41.5 Å². The van der Waals surface area contributed by atoms with E-state index in [1.165, 1.54) is 22.3 Å². The van der Waals surface area contributed by atoms with E-state index in [0.717, 1.165) is 12.0 Å². The Labute approximate surface area is 163 Å². The fourth-order valence-corrected chi connectivity index (χ4v) is 1.93. The number of halogens is 2. The Kier molecular flexibility index (Phi) is 13.8. The van der Waals surface area contributed by atoms with Crippen LogP contribution in [0.3, 0.4) is 0 Å². The minimum atomic E-state index is -0.250. The minimum Gasteiger partial charge on any atom is -0.673 e. The molecule has 122 valence electrons. The zero-order valence-corrected chi connectivity index (χ0v) is 17.3. The predicted molar refractivity (Wildman–Crippen MR) is 100 cm³/mol. The van der Waals surface area contributed by atoms with Crippen LogP contribution in [0.1, 0.15) is 52.2 Å². The van der Waals surface area contributed by atoms with Gasteiger partial charge in [-0.15, -0.1) is 48.0 Å². The molecule has 0 aromatic heterocycles. The Bertz CT molecular complexity index is 508. The summed E-state index contributed by atoms with van der Waals surface area (Å²) in [5, 5.41) is 0. The van der Waals surface area contributed by atoms with Crippen LogP contribution in [0.5, 0.6) is 0 Å². The molecule has 0 spiro atoms. The summed E-state index contributed by atoms with van der Waals surface area (Å²) >= 11 is 0. The van der Waals surface area contributed by atoms with E-state index in [0.29, 0.717) is 0 Å². The topological polar surface area (TPSA) is 23.8 Å². The van der Waals surface area contributed by atoms with Crippen molar-refractivity contribution in [3.63, 3.8) is 0 Å². The van der Waals surface area contributed by atoms with Crippen molar-refractivity contribution < 1.29 is 21.7 Å². The first kappa shape index (κ1) is 26.7. The van der Waals surface area contributed by atoms with Crippen molar-refractivity contribution in [2.24, 2.45) is 0 Å². The molecule has 0 unspecified atom stereocenters. The average Bonchev–Trinajstić information content (AvgIpc) is 2.59. The number of rotatable bonds is 1. The monoisotopic (exact) mass is 375 g/mol. The fourth-order valence-electron chi connectivity index (χ4n) is 1.93. The van der Waals surface area contributed by atoms with E-state index < -0.39 is 0 Å². The largest absolute Gasteiger partial charge is 2.00 e. The first-order chi connectivity index (χ1) is 8.70. The molecule has 0 atom stereocenters. The molecule has 0 amide bonds. The molecule has 1 aliphatic carbocycles. The van der Waals surface area contributed by atoms with Crippen LogP contribution in [-0.2, 0) is 21.7 Å². The molecule has 22 heavy (non-hydrogen) atoms. The molecular formula is C18H27Cl2NTi. The molecule has 0 saturated carbocycles. The van der Waals surface area contributed by atoms with Gasteiger partial charge in [-0.2, -0.15) is 18.6 Å². The number of benzene rings is 1. The zero-order chi connectivity index (χ0) is 14.6. The van der Waals surface area contributed by atoms with Gasteiger partial charge in [0, 0.05) is 0 Å². The van der Waals surface area contributed by atoms with E-state index in [9.17, 15) is 0 Å². The first-order valence-corrected chi connectivity index (χ1v) is 6.73. The maximum absolute atomic E-state index is 6.94. The summed E-state index contributed by atoms with van der Waals surface area (Å²) in [6, 6.07) is 8.35. The van der Waals surface area contributed by atoms with Crippen molar-refractivity contribution in [2.45, 2.75) is 46.6 Å². The van der Waals surface area contributed by atoms with Crippen molar-refractivity contribution in [1.82, 2.24) is 0 Å². The van der Waals surface area contributed by atoms with E-state index in [-0.39, 0.29) is 52.1 Å². The second-order valence-electron chi connectivity index (χ2n) is 6.10. The molecule has 0 saturated heterocycles. The van der Waals surface area contributed by atoms with Crippen LogP contribution < -0.4 is 0 Å². The number of allylic oxidation sites excluding steroid dienone is 4. The quantitative estimate of drug-likeness (QED) is 0.386. The molecule has 2 rings (SSSR count). The third-order valence-corrected chi connectivity index (χ3v) is 3.00. The van der Waals surface area contributed by atoms with E-state index in [1.54, 1.807) is 0 Å². The molecule has 1 nitrogen and oxygen atoms in total. The van der Waals surface area contributed by atoms with Crippen LogP contribution in [0.25, 0.3) is 11.3 Å². The summed E-state index contributed by atoms with van der Waals surface area (Å²) in [5.74, 6) is 0. The molecule has 1 aliphatic rings. The third-order valence-electron chi connectivity index (χ3n) is 3.00. The summed E-state index contributed by atoms with van der Waals surface area (Å²) in [6.45, 7) is 14.0. The van der Waals surface area contributed by atoms with E-state index in [4.69, 9.17) is 5.73 Å². The molecule has 1 N–H and O–H groups in total. The van der Waals surface area contributed by atoms with Gasteiger partial charge in [-0.25, -0.2) is 0 Å². The summed E-state index contributed by atoms with van der Waals surface area (Å²) in [6.07, 6.45) is 3.35. The summed E-state index contributed by atoms with van der Waals surface area (Å²) in [4.78, 5) is 0. The molecule has 0 heterocycles. The average molecular weight is 376 g/mol. The van der Waals surface area contributed by atoms with Gasteiger partial charge in [0.2, 0.25) is 0 Å². The van der Waals surface area contributed by atoms with Crippen molar-refractivity contribution in [3.05, 3.63) is 65.3 Å². The molecule has 4 heteroatoms. The minimum absolute atomic E-state index is 0. The van der Waals surface area contributed by atoms with Crippen LogP contribution in [-0.4, -0.2) is 5.54 Å². The Morgan fingerprint density at radius 3 is 1.86 bits per heavy atom. The number of hydrogen-bond acceptors (Lipinski definition) is 0. The molecule has 0 bridgehead atoms. The first-order valence-electron chi connectivity index (χ1n) is 6.73. The molecule has 0 fully saturated rings. The summed E-state index contributed by atoms with van der Waals surface area (Å²) in [5.41, 5.74) is 13.4. The third kappa shape index (κ3) is 9.07. The number of nitrogens with one attached hydrogen (secondary N) is 1. The van der Waals surface area contributed by atoms with Gasteiger partial charge in [-0.3, -0.25) is 0 Å². The number of hydrogen-bond donors (Lipinski definition) is 0. The predicted octanol–water partition coefficient (Wildman–Crippen LogP) is 6.67. The van der Waals surface area contributed by atoms with Crippen LogP contribution >= 0.6 is 24.8 Å². The Balaban J connectivity index is -0.000000401. The van der Waals surface area contributed by atoms with Crippen molar-refractivity contribution in [1.29, 1.82) is 0 Å². The van der Waals surface area contributed by atoms with Gasteiger partial charge in [-0.1, -0.05) is 49.6 Å². The van der Waals surface area contributed by atoms with E-state index in [2.05, 4.69) is 45.0 Å². The maximum Gasteiger partial charge on any atom is 2.00 e. The van der Waals surface area contributed by atoms with E-state index >= 15 is 0 Å². The smallest absolute Gasteiger partial charge is 0.673 e. The SMILES string of the molecule is CC(C)(C)[NH-].Cl.Cl.[CH2-]c1ccccc1C1=C(C)C(C)=CC1.[Ti+2]. The van der Waals surface area contributed by atoms with Gasteiger partial charge >= 0.3 is 21.7 Å². The standard InChI is InChI=1S/C14H15.C4H10N.2ClH.Ti/c1-10-8-9-14(12(10)3)13-7-5-4-6-11(13)2;1-4(2,3)5;;;/h4-8H,2,9H2,1,3H3;5H,1-3H3;2*1H;/q2*-1;;;+2. The zero-order valence-electron chi connectivity index (χ0n) is 14.1. The van der Waals surface area contributed by atoms with Crippen LogP contribution in [0.4, 0.5) is 0 Å². The maximum atomic E-state index is 6.94. The van der Waals surface area contributed by atoms with Crippen LogP contribution in [0.2, 0.25) is 0 Å². The fraction of sp³-hybridized carbons (Fsp3) is 0.389. The van der Waals surface area contributed by atoms with Crippen molar-refractivity contribution >= 4 is 30.4 Å². The molecule has 1 aromatic carbocycles. The Morgan fingerprint density at radius 2 is 1.50 bits per heavy atom. The summed E-state index contributed by atoms with van der Waals surface area (Å²) < 4.78 is 0. The van der Waals surface area contributed by atoms with Gasteiger partial charge in [0.15, 0.2) is 0 Å². The summed E-state index contributed by atoms with van der Waals surface area (Å²) in [7, 11) is 0. The van der Waals surface area contributed by atoms with Crippen LogP contribution in [0, 0.1) is 6.92 Å². The van der Waals surface area contributed by atoms with Gasteiger partial charge in [-0.05, 0) is 20.3 Å². The molecular weight excluding hydrogens is 349 g/mol. The molecule has 0 aliphatic heterocycles. The van der Waals surface area contributed by atoms with Crippen molar-refractivity contribution in [2.75, 3.05) is 0 Å². The Hall–Kier alpha value is -0.176. The van der Waals surface area contributed by atoms with Gasteiger partial charge in [0.25, 0.3) is 0 Å². The molecule has 0 radical (unpaired) electrons. The van der Waals surface area contributed by atoms with Gasteiger partial charge in [0.05, 0.1) is 0 Å². The normalized spacial score (nSPS) is 12.9. The van der Waals surface area contributed by atoms with Gasteiger partial charge < -0.3 is 5.73 Å². The molecule has 1 aromatic rings. The van der Waals surface area contributed by atoms with Gasteiger partial charge in [0.1, 0.15) is 0 Å². The Morgan fingerprint density at radius 1 is 1.05 bits per heavy atom. The van der Waals surface area contributed by atoms with E-state index in [1.807, 2.05) is 26.8 Å². The van der Waals surface area contributed by atoms with Crippen molar-refractivity contribution in [3.8, 4) is 0 Å².